The predicted octanol–water partition coefficient (Wildman–Crippen LogP) is 0.797. The number of morpholine rings is 1. The van der Waals surface area contributed by atoms with E-state index in [-0.39, 0.29) is 24.0 Å². The number of urea groups is 1. The first-order valence-corrected chi connectivity index (χ1v) is 9.77. The Hall–Kier alpha value is -1.18. The van der Waals surface area contributed by atoms with E-state index in [2.05, 4.69) is 20.4 Å². The zero-order valence-corrected chi connectivity index (χ0v) is 15.3. The first-order valence-electron chi connectivity index (χ1n) is 9.77. The molecule has 0 bridgehead atoms. The Morgan fingerprint density at radius 1 is 1.08 bits per heavy atom. The topological polar surface area (TPSA) is 73.9 Å². The number of carbonyl (C=O) groups is 2. The fourth-order valence-electron chi connectivity index (χ4n) is 3.65. The second-order valence-corrected chi connectivity index (χ2v) is 7.63. The SMILES string of the molecule is CC(C(=O)NC(=O)NC1CC1)N1CCC(CCN2CCOCC2)CC1. The van der Waals surface area contributed by atoms with E-state index in [0.717, 1.165) is 77.5 Å². The molecule has 0 radical (unpaired) electrons. The number of ether oxygens (including phenoxy) is 1. The molecule has 1 saturated carbocycles. The fraction of sp³-hybridized carbons (Fsp3) is 0.889. The highest BCUT2D eigenvalue weighted by atomic mass is 16.5. The van der Waals surface area contributed by atoms with Crippen LogP contribution in [0, 0.1) is 5.92 Å². The van der Waals surface area contributed by atoms with Gasteiger partial charge in [0, 0.05) is 19.1 Å². The summed E-state index contributed by atoms with van der Waals surface area (Å²) in [4.78, 5) is 28.6. The highest BCUT2D eigenvalue weighted by Gasteiger charge is 2.29. The molecule has 3 amide bonds. The summed E-state index contributed by atoms with van der Waals surface area (Å²) in [5, 5.41) is 5.27. The zero-order chi connectivity index (χ0) is 17.6. The highest BCUT2D eigenvalue weighted by molar-refractivity contribution is 5.96. The van der Waals surface area contributed by atoms with E-state index < -0.39 is 0 Å². The van der Waals surface area contributed by atoms with E-state index in [1.807, 2.05) is 6.92 Å². The smallest absolute Gasteiger partial charge is 0.321 e. The van der Waals surface area contributed by atoms with Crippen LogP contribution in [0.15, 0.2) is 0 Å². The first-order chi connectivity index (χ1) is 12.1. The molecule has 142 valence electrons. The van der Waals surface area contributed by atoms with Gasteiger partial charge in [-0.05, 0) is 64.6 Å². The van der Waals surface area contributed by atoms with Crippen molar-refractivity contribution in [3.63, 3.8) is 0 Å². The molecule has 0 aromatic rings. The number of nitrogens with zero attached hydrogens (tertiary/aromatic N) is 2. The molecule has 3 aliphatic rings. The summed E-state index contributed by atoms with van der Waals surface area (Å²) in [5.41, 5.74) is 0. The van der Waals surface area contributed by atoms with Crippen LogP contribution in [0.5, 0.6) is 0 Å². The van der Waals surface area contributed by atoms with Crippen LogP contribution < -0.4 is 10.6 Å². The lowest BCUT2D eigenvalue weighted by Crippen LogP contribution is -2.51. The van der Waals surface area contributed by atoms with Crippen molar-refractivity contribution in [3.05, 3.63) is 0 Å². The maximum Gasteiger partial charge on any atom is 0.321 e. The molecule has 1 unspecified atom stereocenters. The molecule has 7 heteroatoms. The van der Waals surface area contributed by atoms with Crippen LogP contribution >= 0.6 is 0 Å². The van der Waals surface area contributed by atoms with Crippen molar-refractivity contribution in [2.24, 2.45) is 5.92 Å². The lowest BCUT2D eigenvalue weighted by atomic mass is 9.92. The van der Waals surface area contributed by atoms with Gasteiger partial charge in [-0.2, -0.15) is 0 Å². The third-order valence-electron chi connectivity index (χ3n) is 5.68. The van der Waals surface area contributed by atoms with E-state index in [1.165, 1.54) is 6.42 Å². The molecule has 2 N–H and O–H groups in total. The summed E-state index contributed by atoms with van der Waals surface area (Å²) in [6.45, 7) is 8.76. The lowest BCUT2D eigenvalue weighted by molar-refractivity contribution is -0.125. The number of likely N-dealkylation sites (tertiary alicyclic amines) is 1. The Morgan fingerprint density at radius 3 is 2.40 bits per heavy atom. The van der Waals surface area contributed by atoms with E-state index in [9.17, 15) is 9.59 Å². The van der Waals surface area contributed by atoms with Crippen LogP contribution in [0.1, 0.15) is 39.0 Å². The van der Waals surface area contributed by atoms with Crippen LogP contribution in [-0.4, -0.2) is 79.8 Å². The second-order valence-electron chi connectivity index (χ2n) is 7.63. The van der Waals surface area contributed by atoms with E-state index >= 15 is 0 Å². The molecule has 3 rings (SSSR count). The Kier molecular flexibility index (Phi) is 6.67. The molecule has 0 aromatic heterocycles. The van der Waals surface area contributed by atoms with Gasteiger partial charge in [-0.15, -0.1) is 0 Å². The summed E-state index contributed by atoms with van der Waals surface area (Å²) in [6, 6.07) is -0.324. The largest absolute Gasteiger partial charge is 0.379 e. The lowest BCUT2D eigenvalue weighted by Gasteiger charge is -2.36. The van der Waals surface area contributed by atoms with Gasteiger partial charge in [-0.1, -0.05) is 0 Å². The van der Waals surface area contributed by atoms with Crippen molar-refractivity contribution >= 4 is 11.9 Å². The molecule has 25 heavy (non-hydrogen) atoms. The van der Waals surface area contributed by atoms with Crippen molar-refractivity contribution in [1.82, 2.24) is 20.4 Å². The molecule has 7 nitrogen and oxygen atoms in total. The summed E-state index contributed by atoms with van der Waals surface area (Å²) >= 11 is 0. The number of hydrogen-bond acceptors (Lipinski definition) is 5. The average molecular weight is 352 g/mol. The minimum absolute atomic E-state index is 0.190. The van der Waals surface area contributed by atoms with E-state index in [1.54, 1.807) is 0 Å². The molecule has 0 aromatic carbocycles. The van der Waals surface area contributed by atoms with E-state index in [4.69, 9.17) is 4.74 Å². The van der Waals surface area contributed by atoms with Gasteiger partial charge in [0.25, 0.3) is 0 Å². The predicted molar refractivity (Wildman–Crippen MR) is 95.3 cm³/mol. The van der Waals surface area contributed by atoms with Gasteiger partial charge in [-0.25, -0.2) is 4.79 Å². The highest BCUT2D eigenvalue weighted by Crippen LogP contribution is 2.22. The van der Waals surface area contributed by atoms with E-state index in [0.29, 0.717) is 0 Å². The van der Waals surface area contributed by atoms with Gasteiger partial charge in [0.1, 0.15) is 0 Å². The van der Waals surface area contributed by atoms with Crippen molar-refractivity contribution < 1.29 is 14.3 Å². The number of rotatable bonds is 6. The standard InChI is InChI=1S/C18H32N4O3/c1-14(17(23)20-18(24)19-16-2-3-16)22-8-5-15(6-9-22)4-7-21-10-12-25-13-11-21/h14-16H,2-13H2,1H3,(H2,19,20,23,24). The molecule has 2 heterocycles. The number of amides is 3. The number of nitrogens with one attached hydrogen (secondary N) is 2. The van der Waals surface area contributed by atoms with Gasteiger partial charge < -0.3 is 10.1 Å². The number of hydrogen-bond donors (Lipinski definition) is 2. The molecular formula is C18H32N4O3. The van der Waals surface area contributed by atoms with Gasteiger partial charge in [0.05, 0.1) is 19.3 Å². The van der Waals surface area contributed by atoms with Crippen molar-refractivity contribution in [2.45, 2.75) is 51.1 Å². The number of imide groups is 1. The van der Waals surface area contributed by atoms with Crippen LogP contribution in [0.2, 0.25) is 0 Å². The molecule has 0 spiro atoms. The average Bonchev–Trinajstić information content (AvgIpc) is 3.44. The Bertz CT molecular complexity index is 455. The van der Waals surface area contributed by atoms with Crippen molar-refractivity contribution in [3.8, 4) is 0 Å². The summed E-state index contributed by atoms with van der Waals surface area (Å²) < 4.78 is 5.39. The fourth-order valence-corrected chi connectivity index (χ4v) is 3.65. The third kappa shape index (κ3) is 5.94. The van der Waals surface area contributed by atoms with Gasteiger partial charge in [0.2, 0.25) is 5.91 Å². The number of carbonyl (C=O) groups excluding carboxylic acids is 2. The van der Waals surface area contributed by atoms with Crippen LogP contribution in [0.25, 0.3) is 0 Å². The maximum absolute atomic E-state index is 12.2. The summed E-state index contributed by atoms with van der Waals surface area (Å²) in [5.74, 6) is 0.553. The maximum atomic E-state index is 12.2. The van der Waals surface area contributed by atoms with Crippen LogP contribution in [-0.2, 0) is 9.53 Å². The van der Waals surface area contributed by atoms with Gasteiger partial charge in [0.15, 0.2) is 0 Å². The summed E-state index contributed by atoms with van der Waals surface area (Å²) in [7, 11) is 0. The molecule has 1 atom stereocenters. The van der Waals surface area contributed by atoms with Crippen molar-refractivity contribution in [1.29, 1.82) is 0 Å². The Balaban J connectivity index is 1.32. The molecule has 2 aliphatic heterocycles. The Morgan fingerprint density at radius 2 is 1.76 bits per heavy atom. The third-order valence-corrected chi connectivity index (χ3v) is 5.68. The number of piperidine rings is 1. The molecule has 1 aliphatic carbocycles. The first kappa shape index (κ1) is 18.6. The monoisotopic (exact) mass is 352 g/mol. The quantitative estimate of drug-likeness (QED) is 0.740. The molecule has 2 saturated heterocycles. The normalized spacial score (nSPS) is 24.7. The molecule has 3 fully saturated rings. The summed E-state index contributed by atoms with van der Waals surface area (Å²) in [6.07, 6.45) is 5.55. The van der Waals surface area contributed by atoms with Gasteiger partial charge in [-0.3, -0.25) is 19.9 Å². The van der Waals surface area contributed by atoms with Crippen LogP contribution in [0.3, 0.4) is 0 Å². The minimum atomic E-state index is -0.347. The van der Waals surface area contributed by atoms with Crippen LogP contribution in [0.4, 0.5) is 4.79 Å². The minimum Gasteiger partial charge on any atom is -0.379 e. The second kappa shape index (κ2) is 8.96. The van der Waals surface area contributed by atoms with Gasteiger partial charge >= 0.3 is 6.03 Å². The Labute approximate surface area is 150 Å². The molecular weight excluding hydrogens is 320 g/mol. The van der Waals surface area contributed by atoms with Crippen molar-refractivity contribution in [2.75, 3.05) is 45.9 Å². The zero-order valence-electron chi connectivity index (χ0n) is 15.3.